The predicted octanol–water partition coefficient (Wildman–Crippen LogP) is 3.17. The second-order valence-electron chi connectivity index (χ2n) is 7.86. The molecule has 0 saturated carbocycles. The molecule has 1 aliphatic rings. The molecule has 1 aromatic carbocycles. The van der Waals surface area contributed by atoms with Crippen molar-refractivity contribution in [1.82, 2.24) is 9.55 Å². The molecule has 6 nitrogen and oxygen atoms in total. The van der Waals surface area contributed by atoms with Gasteiger partial charge in [-0.05, 0) is 30.4 Å². The zero-order valence-corrected chi connectivity index (χ0v) is 15.4. The van der Waals surface area contributed by atoms with E-state index < -0.39 is 6.03 Å². The number of anilines is 1. The standard InChI is InChI=1S/C19H28N4O2/c1-19(2,3)9-5-8-16-21-17-14(22-10-12-25-13-11-22)6-4-7-15(17)23(16)18(20)24/h4,6-7H,5,8-13H2,1-3H3,(H2,20,24). The molecule has 136 valence electrons. The summed E-state index contributed by atoms with van der Waals surface area (Å²) in [6.45, 7) is 9.77. The SMILES string of the molecule is CC(C)(C)CCCc1nc2c(N3CCOCC3)cccc2n1C(N)=O. The van der Waals surface area contributed by atoms with E-state index >= 15 is 0 Å². The first-order valence-electron chi connectivity index (χ1n) is 9.00. The predicted molar refractivity (Wildman–Crippen MR) is 100 cm³/mol. The fraction of sp³-hybridized carbons (Fsp3) is 0.579. The van der Waals surface area contributed by atoms with Crippen LogP contribution in [0.15, 0.2) is 18.2 Å². The molecule has 25 heavy (non-hydrogen) atoms. The quantitative estimate of drug-likeness (QED) is 0.924. The summed E-state index contributed by atoms with van der Waals surface area (Å²) in [6, 6.07) is 5.48. The van der Waals surface area contributed by atoms with Gasteiger partial charge in [-0.15, -0.1) is 0 Å². The van der Waals surface area contributed by atoms with E-state index in [-0.39, 0.29) is 5.41 Å². The monoisotopic (exact) mass is 344 g/mol. The van der Waals surface area contributed by atoms with Crippen LogP contribution in [0.25, 0.3) is 11.0 Å². The third-order valence-electron chi connectivity index (χ3n) is 4.63. The highest BCUT2D eigenvalue weighted by Gasteiger charge is 2.21. The third kappa shape index (κ3) is 3.95. The second-order valence-corrected chi connectivity index (χ2v) is 7.86. The minimum absolute atomic E-state index is 0.266. The van der Waals surface area contributed by atoms with Gasteiger partial charge in [0.25, 0.3) is 0 Å². The molecule has 1 amide bonds. The number of para-hydroxylation sites is 1. The fourth-order valence-corrected chi connectivity index (χ4v) is 3.38. The first kappa shape index (κ1) is 17.7. The zero-order chi connectivity index (χ0) is 18.0. The molecule has 2 aromatic rings. The maximum absolute atomic E-state index is 12.1. The maximum Gasteiger partial charge on any atom is 0.324 e. The number of fused-ring (bicyclic) bond motifs is 1. The summed E-state index contributed by atoms with van der Waals surface area (Å²) in [5, 5.41) is 0. The zero-order valence-electron chi connectivity index (χ0n) is 15.4. The number of carbonyl (C=O) groups excluding carboxylic acids is 1. The number of hydrogen-bond donors (Lipinski definition) is 1. The van der Waals surface area contributed by atoms with E-state index in [1.54, 1.807) is 4.57 Å². The van der Waals surface area contributed by atoms with Gasteiger partial charge in [0.1, 0.15) is 11.3 Å². The van der Waals surface area contributed by atoms with Gasteiger partial charge in [-0.2, -0.15) is 0 Å². The highest BCUT2D eigenvalue weighted by Crippen LogP contribution is 2.29. The average molecular weight is 344 g/mol. The molecule has 1 aromatic heterocycles. The van der Waals surface area contributed by atoms with E-state index in [9.17, 15) is 4.79 Å². The number of primary amides is 1. The van der Waals surface area contributed by atoms with Gasteiger partial charge in [-0.25, -0.2) is 14.3 Å². The van der Waals surface area contributed by atoms with Crippen molar-refractivity contribution in [3.05, 3.63) is 24.0 Å². The normalized spacial score (nSPS) is 15.7. The number of imidazole rings is 1. The first-order valence-corrected chi connectivity index (χ1v) is 9.00. The number of nitrogens with zero attached hydrogens (tertiary/aromatic N) is 3. The first-order chi connectivity index (χ1) is 11.9. The molecule has 1 aliphatic heterocycles. The lowest BCUT2D eigenvalue weighted by atomic mass is 9.90. The molecule has 0 bridgehead atoms. The largest absolute Gasteiger partial charge is 0.378 e. The number of hydrogen-bond acceptors (Lipinski definition) is 4. The van der Waals surface area contributed by atoms with Crippen LogP contribution in [0, 0.1) is 5.41 Å². The lowest BCUT2D eigenvalue weighted by Crippen LogP contribution is -2.36. The van der Waals surface area contributed by atoms with E-state index in [2.05, 4.69) is 31.7 Å². The van der Waals surface area contributed by atoms with Crippen LogP contribution in [0.5, 0.6) is 0 Å². The van der Waals surface area contributed by atoms with Crippen LogP contribution in [0.2, 0.25) is 0 Å². The second kappa shape index (κ2) is 7.04. The number of aromatic nitrogens is 2. The van der Waals surface area contributed by atoms with Gasteiger partial charge in [0.2, 0.25) is 0 Å². The number of carbonyl (C=O) groups is 1. The van der Waals surface area contributed by atoms with Gasteiger partial charge in [-0.1, -0.05) is 26.8 Å². The fourth-order valence-electron chi connectivity index (χ4n) is 3.38. The highest BCUT2D eigenvalue weighted by atomic mass is 16.5. The number of aryl methyl sites for hydroxylation is 1. The number of ether oxygens (including phenoxy) is 1. The van der Waals surface area contributed by atoms with Gasteiger partial charge < -0.3 is 15.4 Å². The minimum atomic E-state index is -0.465. The molecule has 1 saturated heterocycles. The Bertz CT molecular complexity index is 755. The van der Waals surface area contributed by atoms with Gasteiger partial charge in [0.15, 0.2) is 0 Å². The van der Waals surface area contributed by atoms with Gasteiger partial charge >= 0.3 is 6.03 Å². The Hall–Kier alpha value is -2.08. The Labute approximate surface area is 149 Å². The Morgan fingerprint density at radius 3 is 2.64 bits per heavy atom. The van der Waals surface area contributed by atoms with Crippen LogP contribution >= 0.6 is 0 Å². The van der Waals surface area contributed by atoms with Crippen LogP contribution in [-0.2, 0) is 11.2 Å². The van der Waals surface area contributed by atoms with E-state index in [0.717, 1.165) is 54.9 Å². The van der Waals surface area contributed by atoms with Gasteiger partial charge in [0, 0.05) is 19.5 Å². The Morgan fingerprint density at radius 2 is 2.00 bits per heavy atom. The average Bonchev–Trinajstić information content (AvgIpc) is 2.92. The summed E-state index contributed by atoms with van der Waals surface area (Å²) in [4.78, 5) is 19.1. The van der Waals surface area contributed by atoms with E-state index in [4.69, 9.17) is 15.5 Å². The molecular formula is C19H28N4O2. The number of rotatable bonds is 4. The lowest BCUT2D eigenvalue weighted by molar-refractivity contribution is 0.123. The van der Waals surface area contributed by atoms with Crippen LogP contribution in [0.4, 0.5) is 10.5 Å². The molecular weight excluding hydrogens is 316 g/mol. The molecule has 2 N–H and O–H groups in total. The molecule has 0 aliphatic carbocycles. The number of morpholine rings is 1. The van der Waals surface area contributed by atoms with Crippen LogP contribution in [-0.4, -0.2) is 41.9 Å². The Kier molecular flexibility index (Phi) is 4.99. The van der Waals surface area contributed by atoms with Crippen LogP contribution in [0.1, 0.15) is 39.4 Å². The summed E-state index contributed by atoms with van der Waals surface area (Å²) >= 11 is 0. The van der Waals surface area contributed by atoms with Crippen molar-refractivity contribution in [2.24, 2.45) is 11.1 Å². The molecule has 0 atom stereocenters. The van der Waals surface area contributed by atoms with Crippen molar-refractivity contribution in [2.45, 2.75) is 40.0 Å². The molecule has 6 heteroatoms. The smallest absolute Gasteiger partial charge is 0.324 e. The van der Waals surface area contributed by atoms with Crippen molar-refractivity contribution >= 4 is 22.8 Å². The topological polar surface area (TPSA) is 73.4 Å². The molecule has 0 spiro atoms. The molecule has 0 radical (unpaired) electrons. The number of amides is 1. The van der Waals surface area contributed by atoms with Crippen molar-refractivity contribution in [2.75, 3.05) is 31.2 Å². The number of nitrogens with two attached hydrogens (primary N) is 1. The minimum Gasteiger partial charge on any atom is -0.378 e. The van der Waals surface area contributed by atoms with E-state index in [1.165, 1.54) is 0 Å². The van der Waals surface area contributed by atoms with Crippen molar-refractivity contribution in [1.29, 1.82) is 0 Å². The lowest BCUT2D eigenvalue weighted by Gasteiger charge is -2.28. The van der Waals surface area contributed by atoms with Crippen LogP contribution in [0.3, 0.4) is 0 Å². The summed E-state index contributed by atoms with van der Waals surface area (Å²) in [6.07, 6.45) is 2.80. The van der Waals surface area contributed by atoms with Gasteiger partial charge in [-0.3, -0.25) is 0 Å². The molecule has 2 heterocycles. The molecule has 1 fully saturated rings. The van der Waals surface area contributed by atoms with Crippen molar-refractivity contribution in [3.63, 3.8) is 0 Å². The molecule has 3 rings (SSSR count). The summed E-state index contributed by atoms with van der Waals surface area (Å²) in [7, 11) is 0. The maximum atomic E-state index is 12.1. The summed E-state index contributed by atoms with van der Waals surface area (Å²) in [5.41, 5.74) is 8.63. The summed E-state index contributed by atoms with van der Waals surface area (Å²) < 4.78 is 7.02. The van der Waals surface area contributed by atoms with Crippen LogP contribution < -0.4 is 10.6 Å². The molecule has 0 unspecified atom stereocenters. The van der Waals surface area contributed by atoms with Gasteiger partial charge in [0.05, 0.1) is 24.4 Å². The Morgan fingerprint density at radius 1 is 1.28 bits per heavy atom. The highest BCUT2D eigenvalue weighted by molar-refractivity contribution is 5.95. The number of benzene rings is 1. The van der Waals surface area contributed by atoms with Crippen molar-refractivity contribution in [3.8, 4) is 0 Å². The van der Waals surface area contributed by atoms with Crippen molar-refractivity contribution < 1.29 is 9.53 Å². The van der Waals surface area contributed by atoms with E-state index in [1.807, 2.05) is 12.1 Å². The Balaban J connectivity index is 1.96. The summed E-state index contributed by atoms with van der Waals surface area (Å²) in [5.74, 6) is 0.757. The third-order valence-corrected chi connectivity index (χ3v) is 4.63. The van der Waals surface area contributed by atoms with E-state index in [0.29, 0.717) is 13.2 Å².